The zero-order valence-corrected chi connectivity index (χ0v) is 59.1. The average molecular weight is 1450 g/mol. The third-order valence-corrected chi connectivity index (χ3v) is 19.0. The van der Waals surface area contributed by atoms with E-state index >= 15 is 0 Å². The van der Waals surface area contributed by atoms with Crippen LogP contribution in [0, 0.1) is 72.0 Å². The van der Waals surface area contributed by atoms with E-state index in [-0.39, 0.29) is 94.5 Å². The standard InChI is InChI=1S/C25H25ClN4O3.C24H21Cl3N4O3.C24H22ClFN4O3/c1-14-9-19(30-13-18(26)12-28-30)10-15(2)22(14)23-21(31)11-17(24(23)32)7-8-27-25(33)20-6-4-5-16(3)29-20;1-12-7-16(31-11-15(25)10-29-31)8-13(2)20(12)21-18(32)9-14(23(21)33)5-6-28-24(34)22-17(26)3-4-19(27)30-22;1-13-7-18(30-12-16(25)10-29-30)8-14(2)21(13)22-20(31)9-15(23(22)32)5-6-27-24(33)19-4-3-17(26)11-28-19/h4-6,9-10,12-13,17,23H,7-8,11H2,1-3H3,(H,27,33);3-4,7-8,10-11,14,21H,5-6,9H2,1-2H3,(H,28,34);3-4,7-8,10-12,15,22H,5-6,9H2,1-2H3,(H,27,33). The summed E-state index contributed by atoms with van der Waals surface area (Å²) >= 11 is 29.8. The van der Waals surface area contributed by atoms with Crippen LogP contribution in [0.3, 0.4) is 0 Å². The van der Waals surface area contributed by atoms with E-state index in [0.717, 1.165) is 85.1 Å². The maximum Gasteiger partial charge on any atom is 0.271 e. The number of pyridine rings is 3. The molecule has 12 rings (SSSR count). The van der Waals surface area contributed by atoms with Gasteiger partial charge in [0, 0.05) is 80.9 Å². The second-order valence-corrected chi connectivity index (χ2v) is 27.1. The number of ketones is 6. The van der Waals surface area contributed by atoms with Gasteiger partial charge in [-0.25, -0.2) is 33.4 Å². The molecule has 6 unspecified atom stereocenters. The summed E-state index contributed by atoms with van der Waals surface area (Å²) in [6.45, 7) is 13.9. The number of carbonyl (C=O) groups excluding carboxylic acids is 9. The molecule has 27 heteroatoms. The number of nitrogens with zero attached hydrogens (tertiary/aromatic N) is 9. The van der Waals surface area contributed by atoms with E-state index in [9.17, 15) is 47.5 Å². The second-order valence-electron chi connectivity index (χ2n) is 25.0. The summed E-state index contributed by atoms with van der Waals surface area (Å²) in [5.41, 5.74) is 10.9. The van der Waals surface area contributed by atoms with Crippen LogP contribution in [0.5, 0.6) is 0 Å². The van der Waals surface area contributed by atoms with Crippen molar-refractivity contribution in [3.05, 3.63) is 226 Å². The highest BCUT2D eigenvalue weighted by molar-refractivity contribution is 6.35. The molecule has 3 fully saturated rings. The van der Waals surface area contributed by atoms with Gasteiger partial charge in [0.25, 0.3) is 17.7 Å². The van der Waals surface area contributed by atoms with Crippen molar-refractivity contribution >= 4 is 110 Å². The van der Waals surface area contributed by atoms with Gasteiger partial charge in [-0.3, -0.25) is 43.2 Å². The molecule has 9 aromatic rings. The molecule has 100 heavy (non-hydrogen) atoms. The summed E-state index contributed by atoms with van der Waals surface area (Å²) in [6.07, 6.45) is 12.3. The number of benzene rings is 3. The molecule has 3 amide bonds. The van der Waals surface area contributed by atoms with Crippen molar-refractivity contribution in [1.29, 1.82) is 0 Å². The van der Waals surface area contributed by atoms with Gasteiger partial charge in [-0.15, -0.1) is 0 Å². The Balaban J connectivity index is 0.000000162. The first-order valence-corrected chi connectivity index (χ1v) is 33.9. The average Bonchev–Trinajstić information content (AvgIpc) is 1.61. The number of rotatable bonds is 18. The Hall–Kier alpha value is -9.45. The summed E-state index contributed by atoms with van der Waals surface area (Å²) in [7, 11) is 0. The van der Waals surface area contributed by atoms with Crippen molar-refractivity contribution in [3.63, 3.8) is 0 Å². The van der Waals surface area contributed by atoms with Crippen LogP contribution < -0.4 is 16.0 Å². The zero-order valence-electron chi connectivity index (χ0n) is 55.3. The monoisotopic (exact) mass is 1450 g/mol. The summed E-state index contributed by atoms with van der Waals surface area (Å²) in [4.78, 5) is 127. The highest BCUT2D eigenvalue weighted by Gasteiger charge is 2.45. The fourth-order valence-corrected chi connectivity index (χ4v) is 14.0. The number of aryl methyl sites for hydroxylation is 7. The van der Waals surface area contributed by atoms with Gasteiger partial charge >= 0.3 is 0 Å². The molecule has 0 aliphatic heterocycles. The largest absolute Gasteiger partial charge is 0.351 e. The van der Waals surface area contributed by atoms with Gasteiger partial charge in [0.05, 0.1) is 61.9 Å². The first-order valence-electron chi connectivity index (χ1n) is 32.0. The van der Waals surface area contributed by atoms with Crippen LogP contribution in [0.25, 0.3) is 17.1 Å². The normalized spacial score (nSPS) is 18.0. The molecule has 6 atom stereocenters. The smallest absolute Gasteiger partial charge is 0.271 e. The molecule has 3 aliphatic carbocycles. The molecule has 0 bridgehead atoms. The molecular weight excluding hydrogens is 1390 g/mol. The van der Waals surface area contributed by atoms with E-state index in [0.29, 0.717) is 46.6 Å². The fraction of sp³-hybridized carbons (Fsp3) is 0.301. The lowest BCUT2D eigenvalue weighted by molar-refractivity contribution is -0.126. The molecule has 6 aromatic heterocycles. The van der Waals surface area contributed by atoms with Crippen molar-refractivity contribution in [2.75, 3.05) is 19.6 Å². The molecule has 6 heterocycles. The van der Waals surface area contributed by atoms with Crippen LogP contribution in [-0.4, -0.2) is 116 Å². The molecule has 0 spiro atoms. The van der Waals surface area contributed by atoms with Gasteiger partial charge in [0.1, 0.15) is 63.2 Å². The van der Waals surface area contributed by atoms with E-state index in [1.54, 1.807) is 63.4 Å². The quantitative estimate of drug-likeness (QED) is 0.0532. The number of aromatic nitrogens is 9. The predicted molar refractivity (Wildman–Crippen MR) is 375 cm³/mol. The lowest BCUT2D eigenvalue weighted by Crippen LogP contribution is -2.28. The number of nitrogens with one attached hydrogen (secondary N) is 3. The molecule has 0 saturated heterocycles. The number of halogens is 6. The summed E-state index contributed by atoms with van der Waals surface area (Å²) < 4.78 is 17.9. The van der Waals surface area contributed by atoms with Crippen LogP contribution in [0.2, 0.25) is 25.2 Å². The molecule has 3 N–H and O–H groups in total. The van der Waals surface area contributed by atoms with Gasteiger partial charge in [-0.05, 0) is 191 Å². The fourth-order valence-electron chi connectivity index (χ4n) is 13.3. The van der Waals surface area contributed by atoms with Gasteiger partial charge in [-0.2, -0.15) is 15.3 Å². The third-order valence-electron chi connectivity index (χ3n) is 17.9. The minimum atomic E-state index is -0.806. The van der Waals surface area contributed by atoms with E-state index in [4.69, 9.17) is 58.0 Å². The molecule has 21 nitrogen and oxygen atoms in total. The van der Waals surface area contributed by atoms with E-state index in [1.807, 2.05) is 90.9 Å². The highest BCUT2D eigenvalue weighted by atomic mass is 35.5. The SMILES string of the molecule is Cc1cc(-n2cc(Cl)cn2)cc(C)c1C1C(=O)CC(CCNC(=O)c2ccc(F)cn2)C1=O.Cc1cc(-n2cc(Cl)cn2)cc(C)c1C1C(=O)CC(CCNC(=O)c2nc(Cl)ccc2Cl)C1=O.Cc1cccc(C(=O)NCCC2CC(=O)C(c3c(C)cc(-n4cc(Cl)cn4)cc3C)C2=O)n1. The summed E-state index contributed by atoms with van der Waals surface area (Å²) in [5, 5.41) is 22.7. The van der Waals surface area contributed by atoms with Gasteiger partial charge in [0.15, 0.2) is 17.3 Å². The van der Waals surface area contributed by atoms with E-state index < -0.39 is 53.1 Å². The Kier molecular flexibility index (Phi) is 23.3. The van der Waals surface area contributed by atoms with E-state index in [2.05, 4.69) is 46.2 Å². The van der Waals surface area contributed by atoms with Crippen LogP contribution >= 0.6 is 58.0 Å². The van der Waals surface area contributed by atoms with Crippen LogP contribution in [0.4, 0.5) is 4.39 Å². The Morgan fingerprint density at radius 3 is 1.17 bits per heavy atom. The number of Topliss-reactive ketones (excluding diaryl/α,β-unsaturated/α-hetero) is 6. The topological polar surface area (TPSA) is 282 Å². The number of hydrogen-bond acceptors (Lipinski definition) is 15. The van der Waals surface area contributed by atoms with Gasteiger partial charge in [-0.1, -0.05) is 64.1 Å². The van der Waals surface area contributed by atoms with Crippen molar-refractivity contribution < 1.29 is 47.5 Å². The highest BCUT2D eigenvalue weighted by Crippen LogP contribution is 2.41. The molecule has 3 aromatic carbocycles. The lowest BCUT2D eigenvalue weighted by Gasteiger charge is -2.17. The minimum absolute atomic E-state index is 0.0191. The molecular formula is C73H68Cl5FN12O9. The number of carbonyl (C=O) groups is 9. The maximum absolute atomic E-state index is 13.2. The number of hydrogen-bond donors (Lipinski definition) is 3. The maximum atomic E-state index is 13.2. The molecule has 3 saturated carbocycles. The zero-order chi connectivity index (χ0) is 72.0. The van der Waals surface area contributed by atoms with Crippen LogP contribution in [0.1, 0.15) is 144 Å². The van der Waals surface area contributed by atoms with Crippen LogP contribution in [0.15, 0.2) is 122 Å². The molecule has 0 radical (unpaired) electrons. The van der Waals surface area contributed by atoms with Crippen LogP contribution in [-0.2, 0) is 28.8 Å². The minimum Gasteiger partial charge on any atom is -0.351 e. The molecule has 516 valence electrons. The first-order chi connectivity index (χ1) is 47.6. The Bertz CT molecular complexity index is 4660. The van der Waals surface area contributed by atoms with Gasteiger partial charge < -0.3 is 16.0 Å². The predicted octanol–water partition coefficient (Wildman–Crippen LogP) is 12.6. The Morgan fingerprint density at radius 1 is 0.460 bits per heavy atom. The Morgan fingerprint density at radius 2 is 0.830 bits per heavy atom. The van der Waals surface area contributed by atoms with Crippen molar-refractivity contribution in [3.8, 4) is 17.1 Å². The van der Waals surface area contributed by atoms with Gasteiger partial charge in [0.2, 0.25) is 0 Å². The summed E-state index contributed by atoms with van der Waals surface area (Å²) in [5.74, 6) is -6.10. The van der Waals surface area contributed by atoms with Crippen molar-refractivity contribution in [1.82, 2.24) is 60.2 Å². The molecule has 3 aliphatic rings. The third kappa shape index (κ3) is 16.9. The van der Waals surface area contributed by atoms with E-state index in [1.165, 1.54) is 18.2 Å². The van der Waals surface area contributed by atoms with Crippen molar-refractivity contribution in [2.45, 2.75) is 105 Å². The Labute approximate surface area is 599 Å². The van der Waals surface area contributed by atoms with Crippen molar-refractivity contribution in [2.24, 2.45) is 17.8 Å². The lowest BCUT2D eigenvalue weighted by atomic mass is 9.87. The summed E-state index contributed by atoms with van der Waals surface area (Å²) in [6, 6.07) is 22.0. The first kappa shape index (κ1) is 73.3. The number of amides is 3. The second kappa shape index (κ2) is 31.8.